The molecule has 0 aromatic rings. The van der Waals surface area contributed by atoms with Crippen LogP contribution in [0.4, 0.5) is 0 Å². The number of hydrogen-bond donors (Lipinski definition) is 0. The lowest BCUT2D eigenvalue weighted by Crippen LogP contribution is -2.55. The summed E-state index contributed by atoms with van der Waals surface area (Å²) in [5.74, 6) is -0.0771. The van der Waals surface area contributed by atoms with Crippen LogP contribution in [0.5, 0.6) is 0 Å². The first-order valence-electron chi connectivity index (χ1n) is 6.41. The van der Waals surface area contributed by atoms with Crippen LogP contribution < -0.4 is 0 Å². The lowest BCUT2D eigenvalue weighted by Gasteiger charge is -2.43. The van der Waals surface area contributed by atoms with Crippen LogP contribution in [0.15, 0.2) is 0 Å². The molecule has 4 heteroatoms. The van der Waals surface area contributed by atoms with Gasteiger partial charge in [0.05, 0.1) is 13.2 Å². The molecule has 2 fully saturated rings. The number of rotatable bonds is 3. The fourth-order valence-electron chi connectivity index (χ4n) is 2.75. The molecule has 16 heavy (non-hydrogen) atoms. The Morgan fingerprint density at radius 1 is 1.31 bits per heavy atom. The lowest BCUT2D eigenvalue weighted by atomic mass is 9.99. The molecule has 0 amide bonds. The fraction of sp³-hybridized carbons (Fsp3) is 0.917. The summed E-state index contributed by atoms with van der Waals surface area (Å²) >= 11 is 0. The van der Waals surface area contributed by atoms with Gasteiger partial charge in [0.15, 0.2) is 0 Å². The minimum atomic E-state index is -0.0771. The summed E-state index contributed by atoms with van der Waals surface area (Å²) < 4.78 is 4.99. The van der Waals surface area contributed by atoms with Crippen LogP contribution in [0.3, 0.4) is 0 Å². The molecule has 0 aliphatic carbocycles. The van der Waals surface area contributed by atoms with Crippen molar-refractivity contribution in [2.75, 3.05) is 39.3 Å². The molecular weight excluding hydrogens is 204 g/mol. The molecule has 2 saturated heterocycles. The Kier molecular flexibility index (Phi) is 4.18. The van der Waals surface area contributed by atoms with Gasteiger partial charge in [-0.15, -0.1) is 0 Å². The average Bonchev–Trinajstić information content (AvgIpc) is 2.29. The van der Waals surface area contributed by atoms with E-state index in [1.54, 1.807) is 0 Å². The first kappa shape index (κ1) is 11.9. The van der Waals surface area contributed by atoms with Gasteiger partial charge in [0.1, 0.15) is 0 Å². The van der Waals surface area contributed by atoms with Crippen molar-refractivity contribution in [1.29, 1.82) is 0 Å². The van der Waals surface area contributed by atoms with E-state index in [0.717, 1.165) is 19.6 Å². The van der Waals surface area contributed by atoms with E-state index >= 15 is 0 Å². The number of fused-ring (bicyclic) bond motifs is 1. The number of hydrogen-bond acceptors (Lipinski definition) is 4. The number of ether oxygens (including phenoxy) is 1. The highest BCUT2D eigenvalue weighted by Gasteiger charge is 2.29. The Balaban J connectivity index is 1.78. The smallest absolute Gasteiger partial charge is 0.320 e. The molecule has 0 spiro atoms. The number of carbonyl (C=O) groups excluding carboxylic acids is 1. The first-order chi connectivity index (χ1) is 7.79. The molecule has 2 aliphatic heterocycles. The molecule has 2 heterocycles. The van der Waals surface area contributed by atoms with E-state index < -0.39 is 0 Å². The quantitative estimate of drug-likeness (QED) is 0.664. The van der Waals surface area contributed by atoms with Crippen molar-refractivity contribution in [3.63, 3.8) is 0 Å². The third-order valence-corrected chi connectivity index (χ3v) is 3.58. The van der Waals surface area contributed by atoms with Crippen LogP contribution in [-0.4, -0.2) is 61.1 Å². The highest BCUT2D eigenvalue weighted by atomic mass is 16.5. The number of nitrogens with zero attached hydrogens (tertiary/aromatic N) is 2. The summed E-state index contributed by atoms with van der Waals surface area (Å²) in [6.45, 7) is 7.23. The van der Waals surface area contributed by atoms with E-state index in [0.29, 0.717) is 19.2 Å². The lowest BCUT2D eigenvalue weighted by molar-refractivity contribution is -0.145. The van der Waals surface area contributed by atoms with Crippen molar-refractivity contribution in [2.24, 2.45) is 0 Å². The number of carbonyl (C=O) groups is 1. The maximum absolute atomic E-state index is 11.4. The van der Waals surface area contributed by atoms with Crippen molar-refractivity contribution in [2.45, 2.75) is 32.2 Å². The van der Waals surface area contributed by atoms with Crippen molar-refractivity contribution in [1.82, 2.24) is 9.80 Å². The molecule has 0 N–H and O–H groups in total. The van der Waals surface area contributed by atoms with Gasteiger partial charge in [-0.3, -0.25) is 14.6 Å². The Labute approximate surface area is 97.5 Å². The topological polar surface area (TPSA) is 32.8 Å². The van der Waals surface area contributed by atoms with Gasteiger partial charge < -0.3 is 4.74 Å². The van der Waals surface area contributed by atoms with Gasteiger partial charge >= 0.3 is 5.97 Å². The molecule has 0 radical (unpaired) electrons. The molecule has 0 saturated carbocycles. The van der Waals surface area contributed by atoms with Gasteiger partial charge in [-0.2, -0.15) is 0 Å². The molecule has 0 aromatic carbocycles. The zero-order valence-electron chi connectivity index (χ0n) is 10.2. The second-order valence-corrected chi connectivity index (χ2v) is 4.73. The number of esters is 1. The van der Waals surface area contributed by atoms with Gasteiger partial charge in [0, 0.05) is 25.7 Å². The van der Waals surface area contributed by atoms with Crippen molar-refractivity contribution in [3.8, 4) is 0 Å². The van der Waals surface area contributed by atoms with Gasteiger partial charge in [-0.25, -0.2) is 0 Å². The van der Waals surface area contributed by atoms with Gasteiger partial charge in [0.2, 0.25) is 0 Å². The van der Waals surface area contributed by atoms with Crippen LogP contribution in [0.25, 0.3) is 0 Å². The van der Waals surface area contributed by atoms with E-state index in [1.165, 1.54) is 25.8 Å². The van der Waals surface area contributed by atoms with Gasteiger partial charge in [0.25, 0.3) is 0 Å². The molecule has 2 aliphatic rings. The Bertz CT molecular complexity index is 245. The van der Waals surface area contributed by atoms with Crippen molar-refractivity contribution < 1.29 is 9.53 Å². The number of piperidine rings is 1. The zero-order valence-corrected chi connectivity index (χ0v) is 10.2. The Morgan fingerprint density at radius 2 is 2.19 bits per heavy atom. The average molecular weight is 226 g/mol. The maximum Gasteiger partial charge on any atom is 0.320 e. The molecular formula is C12H22N2O2. The summed E-state index contributed by atoms with van der Waals surface area (Å²) in [6.07, 6.45) is 3.97. The summed E-state index contributed by atoms with van der Waals surface area (Å²) in [7, 11) is 0. The van der Waals surface area contributed by atoms with E-state index in [-0.39, 0.29) is 5.97 Å². The Hall–Kier alpha value is -0.610. The predicted octanol–water partition coefficient (Wildman–Crippen LogP) is 0.720. The van der Waals surface area contributed by atoms with E-state index in [4.69, 9.17) is 4.74 Å². The molecule has 0 bridgehead atoms. The summed E-state index contributed by atoms with van der Waals surface area (Å²) in [4.78, 5) is 16.2. The van der Waals surface area contributed by atoms with Crippen LogP contribution in [0, 0.1) is 0 Å². The number of piperazine rings is 1. The first-order valence-corrected chi connectivity index (χ1v) is 6.41. The monoisotopic (exact) mass is 226 g/mol. The fourth-order valence-corrected chi connectivity index (χ4v) is 2.75. The van der Waals surface area contributed by atoms with E-state index in [1.807, 2.05) is 6.92 Å². The normalized spacial score (nSPS) is 27.4. The van der Waals surface area contributed by atoms with Crippen molar-refractivity contribution in [3.05, 3.63) is 0 Å². The van der Waals surface area contributed by atoms with Crippen LogP contribution in [-0.2, 0) is 9.53 Å². The molecule has 1 atom stereocenters. The summed E-state index contributed by atoms with van der Waals surface area (Å²) in [5.41, 5.74) is 0. The third kappa shape index (κ3) is 2.95. The molecule has 2 rings (SSSR count). The molecule has 1 unspecified atom stereocenters. The van der Waals surface area contributed by atoms with Crippen LogP contribution in [0.2, 0.25) is 0 Å². The van der Waals surface area contributed by atoms with Crippen molar-refractivity contribution >= 4 is 5.97 Å². The third-order valence-electron chi connectivity index (χ3n) is 3.58. The van der Waals surface area contributed by atoms with E-state index in [9.17, 15) is 4.79 Å². The molecule has 92 valence electrons. The highest BCUT2D eigenvalue weighted by Crippen LogP contribution is 2.20. The van der Waals surface area contributed by atoms with Crippen LogP contribution in [0.1, 0.15) is 26.2 Å². The predicted molar refractivity (Wildman–Crippen MR) is 62.3 cm³/mol. The van der Waals surface area contributed by atoms with Crippen LogP contribution >= 0.6 is 0 Å². The SMILES string of the molecule is CCOC(=O)CN1CCN2CCCCC2C1. The minimum Gasteiger partial charge on any atom is -0.465 e. The second-order valence-electron chi connectivity index (χ2n) is 4.73. The molecule has 0 aromatic heterocycles. The Morgan fingerprint density at radius 3 is 3.00 bits per heavy atom. The maximum atomic E-state index is 11.4. The molecule has 4 nitrogen and oxygen atoms in total. The standard InChI is InChI=1S/C12H22N2O2/c1-2-16-12(15)10-13-7-8-14-6-4-3-5-11(14)9-13/h11H,2-10H2,1H3. The zero-order chi connectivity index (χ0) is 11.4. The largest absolute Gasteiger partial charge is 0.465 e. The summed E-state index contributed by atoms with van der Waals surface area (Å²) in [6, 6.07) is 0.678. The summed E-state index contributed by atoms with van der Waals surface area (Å²) in [5, 5.41) is 0. The van der Waals surface area contributed by atoms with Gasteiger partial charge in [-0.1, -0.05) is 6.42 Å². The van der Waals surface area contributed by atoms with Gasteiger partial charge in [-0.05, 0) is 26.3 Å². The van der Waals surface area contributed by atoms with E-state index in [2.05, 4.69) is 9.80 Å². The minimum absolute atomic E-state index is 0.0771. The second kappa shape index (κ2) is 5.64. The highest BCUT2D eigenvalue weighted by molar-refractivity contribution is 5.71.